The molecule has 2 spiro atoms. The van der Waals surface area contributed by atoms with E-state index in [-0.39, 0.29) is 23.4 Å². The number of benzene rings is 1. The fraction of sp³-hybridized carbons (Fsp3) is 0.619. The van der Waals surface area contributed by atoms with E-state index in [2.05, 4.69) is 20.9 Å². The van der Waals surface area contributed by atoms with Crippen molar-refractivity contribution in [2.45, 2.75) is 43.7 Å². The van der Waals surface area contributed by atoms with E-state index in [0.29, 0.717) is 0 Å². The van der Waals surface area contributed by atoms with Gasteiger partial charge >= 0.3 is 5.97 Å². The summed E-state index contributed by atoms with van der Waals surface area (Å²) in [6.07, 6.45) is 4.09. The smallest absolute Gasteiger partial charge is 0.312 e. The van der Waals surface area contributed by atoms with Crippen molar-refractivity contribution in [1.82, 2.24) is 10.2 Å². The Bertz CT molecular complexity index is 782. The molecule has 3 fully saturated rings. The van der Waals surface area contributed by atoms with Crippen LogP contribution in [0, 0.1) is 5.41 Å². The standard InChI is InChI=1S/C21H28N4O3/c26-18-21(24-17-4-2-1-3-16(17)23-18)7-11-25(12-8-21)14-15-13-20(19(27)28-15)5-9-22-10-6-20/h1-4,15,22,24H,5-14H2,(H,23,26). The Kier molecular flexibility index (Phi) is 4.32. The van der Waals surface area contributed by atoms with Crippen molar-refractivity contribution in [3.8, 4) is 0 Å². The first kappa shape index (κ1) is 17.9. The van der Waals surface area contributed by atoms with Gasteiger partial charge in [0.25, 0.3) is 0 Å². The number of carbonyl (C=O) groups is 2. The second-order valence-corrected chi connectivity index (χ2v) is 8.77. The average Bonchev–Trinajstić information content (AvgIpc) is 2.99. The number of ether oxygens (including phenoxy) is 1. The van der Waals surface area contributed by atoms with Gasteiger partial charge in [-0.25, -0.2) is 0 Å². The number of hydrogen-bond acceptors (Lipinski definition) is 6. The second kappa shape index (κ2) is 6.74. The van der Waals surface area contributed by atoms with Crippen LogP contribution in [0.4, 0.5) is 11.4 Å². The molecule has 4 heterocycles. The minimum absolute atomic E-state index is 0.00240. The third kappa shape index (κ3) is 2.97. The third-order valence-electron chi connectivity index (χ3n) is 7.04. The fourth-order valence-electron chi connectivity index (χ4n) is 5.27. The number of carbonyl (C=O) groups excluding carboxylic acids is 2. The molecule has 0 saturated carbocycles. The Labute approximate surface area is 165 Å². The summed E-state index contributed by atoms with van der Waals surface area (Å²) in [6, 6.07) is 7.85. The molecule has 28 heavy (non-hydrogen) atoms. The highest BCUT2D eigenvalue weighted by Gasteiger charge is 2.50. The van der Waals surface area contributed by atoms with Crippen LogP contribution in [0.1, 0.15) is 32.1 Å². The number of rotatable bonds is 2. The lowest BCUT2D eigenvalue weighted by atomic mass is 9.76. The number of hydrogen-bond donors (Lipinski definition) is 3. The molecule has 3 saturated heterocycles. The number of anilines is 2. The molecule has 7 nitrogen and oxygen atoms in total. The van der Waals surface area contributed by atoms with E-state index in [0.717, 1.165) is 76.2 Å². The number of nitrogens with zero attached hydrogens (tertiary/aromatic N) is 1. The number of para-hydroxylation sites is 2. The van der Waals surface area contributed by atoms with Gasteiger partial charge < -0.3 is 20.7 Å². The van der Waals surface area contributed by atoms with E-state index < -0.39 is 5.54 Å². The van der Waals surface area contributed by atoms with Crippen LogP contribution in [0.2, 0.25) is 0 Å². The number of amides is 1. The Morgan fingerprint density at radius 2 is 1.75 bits per heavy atom. The molecule has 150 valence electrons. The van der Waals surface area contributed by atoms with Crippen molar-refractivity contribution in [2.75, 3.05) is 43.4 Å². The molecule has 1 aromatic rings. The van der Waals surface area contributed by atoms with Gasteiger partial charge in [0.15, 0.2) is 0 Å². The first-order valence-corrected chi connectivity index (χ1v) is 10.4. The first-order valence-electron chi connectivity index (χ1n) is 10.4. The predicted octanol–water partition coefficient (Wildman–Crippen LogP) is 1.57. The topological polar surface area (TPSA) is 82.7 Å². The van der Waals surface area contributed by atoms with Crippen molar-refractivity contribution >= 4 is 23.3 Å². The number of nitrogens with one attached hydrogen (secondary N) is 3. The summed E-state index contributed by atoms with van der Waals surface area (Å²) >= 11 is 0. The van der Waals surface area contributed by atoms with Gasteiger partial charge in [0, 0.05) is 26.1 Å². The second-order valence-electron chi connectivity index (χ2n) is 8.77. The molecule has 3 N–H and O–H groups in total. The predicted molar refractivity (Wildman–Crippen MR) is 106 cm³/mol. The maximum atomic E-state index is 12.8. The summed E-state index contributed by atoms with van der Waals surface area (Å²) in [6.45, 7) is 4.22. The monoisotopic (exact) mass is 384 g/mol. The van der Waals surface area contributed by atoms with Crippen LogP contribution in [0.3, 0.4) is 0 Å². The summed E-state index contributed by atoms with van der Waals surface area (Å²) in [5, 5.41) is 9.89. The quantitative estimate of drug-likeness (QED) is 0.672. The molecule has 1 aromatic carbocycles. The van der Waals surface area contributed by atoms with Gasteiger partial charge in [-0.15, -0.1) is 0 Å². The number of cyclic esters (lactones) is 1. The molecule has 7 heteroatoms. The van der Waals surface area contributed by atoms with Crippen LogP contribution >= 0.6 is 0 Å². The molecule has 1 atom stereocenters. The highest BCUT2D eigenvalue weighted by atomic mass is 16.6. The van der Waals surface area contributed by atoms with Gasteiger partial charge in [0.2, 0.25) is 5.91 Å². The zero-order chi connectivity index (χ0) is 19.2. The molecule has 0 aliphatic carbocycles. The molecule has 0 radical (unpaired) electrons. The Hall–Kier alpha value is -2.12. The molecule has 4 aliphatic heterocycles. The maximum absolute atomic E-state index is 12.8. The molecule has 1 unspecified atom stereocenters. The van der Waals surface area contributed by atoms with E-state index in [1.807, 2.05) is 24.3 Å². The highest BCUT2D eigenvalue weighted by Crippen LogP contribution is 2.42. The van der Waals surface area contributed by atoms with Crippen molar-refractivity contribution in [3.63, 3.8) is 0 Å². The zero-order valence-corrected chi connectivity index (χ0v) is 16.1. The summed E-state index contributed by atoms with van der Waals surface area (Å²) in [7, 11) is 0. The van der Waals surface area contributed by atoms with Crippen molar-refractivity contribution in [3.05, 3.63) is 24.3 Å². The van der Waals surface area contributed by atoms with Gasteiger partial charge in [-0.2, -0.15) is 0 Å². The normalized spacial score (nSPS) is 28.5. The van der Waals surface area contributed by atoms with Crippen LogP contribution < -0.4 is 16.0 Å². The average molecular weight is 384 g/mol. The molecule has 0 bridgehead atoms. The van der Waals surface area contributed by atoms with Crippen LogP contribution in [0.25, 0.3) is 0 Å². The van der Waals surface area contributed by atoms with E-state index >= 15 is 0 Å². The van der Waals surface area contributed by atoms with Crippen molar-refractivity contribution in [1.29, 1.82) is 0 Å². The number of esters is 1. The molecule has 5 rings (SSSR count). The van der Waals surface area contributed by atoms with Crippen LogP contribution in [-0.2, 0) is 14.3 Å². The summed E-state index contributed by atoms with van der Waals surface area (Å²) in [4.78, 5) is 27.6. The lowest BCUT2D eigenvalue weighted by molar-refractivity contribution is -0.150. The summed E-state index contributed by atoms with van der Waals surface area (Å²) < 4.78 is 5.76. The zero-order valence-electron chi connectivity index (χ0n) is 16.1. The van der Waals surface area contributed by atoms with Gasteiger partial charge in [-0.1, -0.05) is 12.1 Å². The maximum Gasteiger partial charge on any atom is 0.312 e. The minimum atomic E-state index is -0.534. The summed E-state index contributed by atoms with van der Waals surface area (Å²) in [5.74, 6) is 0.0595. The van der Waals surface area contributed by atoms with E-state index in [9.17, 15) is 9.59 Å². The van der Waals surface area contributed by atoms with E-state index in [4.69, 9.17) is 4.74 Å². The van der Waals surface area contributed by atoms with Crippen molar-refractivity contribution < 1.29 is 14.3 Å². The highest BCUT2D eigenvalue weighted by molar-refractivity contribution is 6.06. The van der Waals surface area contributed by atoms with Crippen molar-refractivity contribution in [2.24, 2.45) is 5.41 Å². The van der Waals surface area contributed by atoms with E-state index in [1.54, 1.807) is 0 Å². The number of piperidine rings is 2. The molecule has 4 aliphatic rings. The number of likely N-dealkylation sites (tertiary alicyclic amines) is 1. The molecular formula is C21H28N4O3. The lowest BCUT2D eigenvalue weighted by Crippen LogP contribution is -2.58. The molecule has 1 amide bonds. The third-order valence-corrected chi connectivity index (χ3v) is 7.04. The first-order chi connectivity index (χ1) is 13.6. The van der Waals surface area contributed by atoms with Gasteiger partial charge in [0.1, 0.15) is 11.6 Å². The number of fused-ring (bicyclic) bond motifs is 1. The lowest BCUT2D eigenvalue weighted by Gasteiger charge is -2.44. The molecule has 0 aromatic heterocycles. The van der Waals surface area contributed by atoms with Crippen LogP contribution in [0.5, 0.6) is 0 Å². The Morgan fingerprint density at radius 3 is 2.50 bits per heavy atom. The van der Waals surface area contributed by atoms with E-state index in [1.165, 1.54) is 0 Å². The minimum Gasteiger partial charge on any atom is -0.461 e. The van der Waals surface area contributed by atoms with Gasteiger partial charge in [-0.3, -0.25) is 14.5 Å². The fourth-order valence-corrected chi connectivity index (χ4v) is 5.27. The Morgan fingerprint density at radius 1 is 1.04 bits per heavy atom. The SMILES string of the molecule is O=C1OC(CN2CCC3(CC2)Nc2ccccc2NC3=O)CC12CCNCC2. The van der Waals surface area contributed by atoms with Crippen LogP contribution in [0.15, 0.2) is 24.3 Å². The molecular weight excluding hydrogens is 356 g/mol. The largest absolute Gasteiger partial charge is 0.461 e. The van der Waals surface area contributed by atoms with Gasteiger partial charge in [0.05, 0.1) is 16.8 Å². The van der Waals surface area contributed by atoms with Gasteiger partial charge in [-0.05, 0) is 50.9 Å². The van der Waals surface area contributed by atoms with Crippen LogP contribution in [-0.4, -0.2) is 61.1 Å². The summed E-state index contributed by atoms with van der Waals surface area (Å²) in [5.41, 5.74) is 1.05. The Balaban J connectivity index is 1.20.